The van der Waals surface area contributed by atoms with Crippen LogP contribution in [0.5, 0.6) is 5.75 Å². The molecule has 2 aliphatic rings. The monoisotopic (exact) mass is 391 g/mol. The summed E-state index contributed by atoms with van der Waals surface area (Å²) in [5.41, 5.74) is 0. The lowest BCUT2D eigenvalue weighted by Gasteiger charge is -2.33. The maximum atomic E-state index is 12.9. The number of carbonyl (C=O) groups is 2. The lowest BCUT2D eigenvalue weighted by atomic mass is 9.97. The third kappa shape index (κ3) is 6.19. The van der Waals surface area contributed by atoms with Crippen molar-refractivity contribution in [1.82, 2.24) is 15.5 Å². The predicted octanol–water partition coefficient (Wildman–Crippen LogP) is 2.09. The van der Waals surface area contributed by atoms with Crippen molar-refractivity contribution < 1.29 is 18.7 Å². The van der Waals surface area contributed by atoms with Gasteiger partial charge in [0, 0.05) is 26.1 Å². The quantitative estimate of drug-likeness (QED) is 0.666. The summed E-state index contributed by atoms with van der Waals surface area (Å²) in [5.74, 6) is 0.853. The van der Waals surface area contributed by atoms with Gasteiger partial charge in [0.2, 0.25) is 11.8 Å². The fraction of sp³-hybridized carbons (Fsp3) is 0.619. The maximum Gasteiger partial charge on any atom is 0.237 e. The molecule has 28 heavy (non-hydrogen) atoms. The number of hydrogen-bond acceptors (Lipinski definition) is 4. The van der Waals surface area contributed by atoms with Crippen molar-refractivity contribution in [3.63, 3.8) is 0 Å². The van der Waals surface area contributed by atoms with E-state index in [9.17, 15) is 14.0 Å². The lowest BCUT2D eigenvalue weighted by molar-refractivity contribution is -0.133. The highest BCUT2D eigenvalue weighted by Gasteiger charge is 2.26. The first kappa shape index (κ1) is 20.6. The van der Waals surface area contributed by atoms with Gasteiger partial charge in [0.15, 0.2) is 0 Å². The zero-order valence-corrected chi connectivity index (χ0v) is 16.3. The van der Waals surface area contributed by atoms with E-state index in [1.807, 2.05) is 4.90 Å². The van der Waals surface area contributed by atoms with Crippen LogP contribution >= 0.6 is 0 Å². The first-order valence-electron chi connectivity index (χ1n) is 10.3. The van der Waals surface area contributed by atoms with Crippen LogP contribution in [0.3, 0.4) is 0 Å². The van der Waals surface area contributed by atoms with Crippen molar-refractivity contribution >= 4 is 11.8 Å². The van der Waals surface area contributed by atoms with Crippen LogP contribution < -0.4 is 15.4 Å². The fourth-order valence-corrected chi connectivity index (χ4v) is 3.84. The number of carbonyl (C=O) groups excluding carboxylic acids is 2. The summed E-state index contributed by atoms with van der Waals surface area (Å²) in [5, 5.41) is 6.25. The summed E-state index contributed by atoms with van der Waals surface area (Å²) in [6.45, 7) is 3.46. The van der Waals surface area contributed by atoms with E-state index in [2.05, 4.69) is 10.6 Å². The topological polar surface area (TPSA) is 70.7 Å². The molecule has 7 heteroatoms. The van der Waals surface area contributed by atoms with E-state index in [1.54, 1.807) is 12.1 Å². The number of hydrogen-bond donors (Lipinski definition) is 2. The van der Waals surface area contributed by atoms with Crippen LogP contribution in [0.4, 0.5) is 4.39 Å². The van der Waals surface area contributed by atoms with E-state index < -0.39 is 0 Å². The molecule has 0 spiro atoms. The van der Waals surface area contributed by atoms with Gasteiger partial charge in [-0.05, 0) is 68.8 Å². The molecule has 154 valence electrons. The second kappa shape index (κ2) is 10.4. The molecule has 0 aromatic heterocycles. The standard InChI is InChI=1S/C21H30FN3O3/c22-17-7-9-18(10-8-17)28-13-3-6-20(26)25-12-2-4-16(15-25)14-24-21(27)19-5-1-11-23-19/h7-10,16,19,23H,1-6,11-15H2,(H,24,27). The molecule has 6 nitrogen and oxygen atoms in total. The van der Waals surface area contributed by atoms with Crippen LogP contribution in [-0.2, 0) is 9.59 Å². The van der Waals surface area contributed by atoms with Crippen LogP contribution in [0, 0.1) is 11.7 Å². The Morgan fingerprint density at radius 3 is 2.79 bits per heavy atom. The molecule has 0 saturated carbocycles. The Labute approximate surface area is 165 Å². The minimum atomic E-state index is -0.294. The van der Waals surface area contributed by atoms with E-state index in [4.69, 9.17) is 4.74 Å². The van der Waals surface area contributed by atoms with E-state index in [0.717, 1.165) is 38.8 Å². The highest BCUT2D eigenvalue weighted by Crippen LogP contribution is 2.18. The molecule has 2 fully saturated rings. The number of likely N-dealkylation sites (tertiary alicyclic amines) is 1. The van der Waals surface area contributed by atoms with Gasteiger partial charge in [-0.15, -0.1) is 0 Å². The first-order chi connectivity index (χ1) is 13.6. The van der Waals surface area contributed by atoms with Crippen molar-refractivity contribution in [3.05, 3.63) is 30.1 Å². The zero-order valence-electron chi connectivity index (χ0n) is 16.3. The van der Waals surface area contributed by atoms with Gasteiger partial charge in [-0.25, -0.2) is 4.39 Å². The number of nitrogens with one attached hydrogen (secondary N) is 2. The molecule has 0 radical (unpaired) electrons. The summed E-state index contributed by atoms with van der Waals surface area (Å²) >= 11 is 0. The molecule has 2 heterocycles. The molecule has 2 amide bonds. The van der Waals surface area contributed by atoms with Gasteiger partial charge in [-0.1, -0.05) is 0 Å². The van der Waals surface area contributed by atoms with Crippen molar-refractivity contribution in [1.29, 1.82) is 0 Å². The van der Waals surface area contributed by atoms with E-state index in [-0.39, 0.29) is 23.7 Å². The van der Waals surface area contributed by atoms with Crippen LogP contribution in [0.25, 0.3) is 0 Å². The zero-order chi connectivity index (χ0) is 19.8. The van der Waals surface area contributed by atoms with E-state index in [0.29, 0.717) is 44.2 Å². The largest absolute Gasteiger partial charge is 0.494 e. The molecular formula is C21H30FN3O3. The highest BCUT2D eigenvalue weighted by molar-refractivity contribution is 5.82. The van der Waals surface area contributed by atoms with Crippen molar-refractivity contribution in [2.75, 3.05) is 32.8 Å². The SMILES string of the molecule is O=C(NCC1CCCN(C(=O)CCCOc2ccc(F)cc2)C1)C1CCCN1. The van der Waals surface area contributed by atoms with Gasteiger partial charge in [-0.2, -0.15) is 0 Å². The summed E-state index contributed by atoms with van der Waals surface area (Å²) in [6, 6.07) is 5.83. The third-order valence-electron chi connectivity index (χ3n) is 5.43. The number of piperidine rings is 1. The molecule has 2 unspecified atom stereocenters. The molecule has 1 aromatic carbocycles. The molecule has 0 aliphatic carbocycles. The van der Waals surface area contributed by atoms with Crippen LogP contribution in [0.15, 0.2) is 24.3 Å². The second-order valence-corrected chi connectivity index (χ2v) is 7.65. The molecule has 3 rings (SSSR count). The number of halogens is 1. The molecule has 2 N–H and O–H groups in total. The summed E-state index contributed by atoms with van der Waals surface area (Å²) in [6.07, 6.45) is 5.03. The van der Waals surface area contributed by atoms with Gasteiger partial charge in [0.05, 0.1) is 12.6 Å². The van der Waals surface area contributed by atoms with Crippen molar-refractivity contribution in [3.8, 4) is 5.75 Å². The molecule has 2 atom stereocenters. The normalized spacial score (nSPS) is 22.1. The lowest BCUT2D eigenvalue weighted by Crippen LogP contribution is -2.46. The van der Waals surface area contributed by atoms with Gasteiger partial charge in [0.25, 0.3) is 0 Å². The minimum Gasteiger partial charge on any atom is -0.494 e. The Kier molecular flexibility index (Phi) is 7.65. The molecule has 2 saturated heterocycles. The Hall–Kier alpha value is -2.15. The van der Waals surface area contributed by atoms with E-state index >= 15 is 0 Å². The number of nitrogens with zero attached hydrogens (tertiary/aromatic N) is 1. The van der Waals surface area contributed by atoms with Crippen molar-refractivity contribution in [2.24, 2.45) is 5.92 Å². The van der Waals surface area contributed by atoms with Gasteiger partial charge in [0.1, 0.15) is 11.6 Å². The third-order valence-corrected chi connectivity index (χ3v) is 5.43. The van der Waals surface area contributed by atoms with Crippen molar-refractivity contribution in [2.45, 2.75) is 44.6 Å². The number of amides is 2. The fourth-order valence-electron chi connectivity index (χ4n) is 3.84. The molecule has 2 aliphatic heterocycles. The Balaban J connectivity index is 1.33. The predicted molar refractivity (Wildman–Crippen MR) is 104 cm³/mol. The Morgan fingerprint density at radius 1 is 1.21 bits per heavy atom. The Bertz CT molecular complexity index is 647. The summed E-state index contributed by atoms with van der Waals surface area (Å²) in [4.78, 5) is 26.5. The molecular weight excluding hydrogens is 361 g/mol. The summed E-state index contributed by atoms with van der Waals surface area (Å²) < 4.78 is 18.4. The second-order valence-electron chi connectivity index (χ2n) is 7.65. The van der Waals surface area contributed by atoms with Gasteiger partial charge in [-0.3, -0.25) is 9.59 Å². The highest BCUT2D eigenvalue weighted by atomic mass is 19.1. The molecule has 0 bridgehead atoms. The average Bonchev–Trinajstić information content (AvgIpc) is 3.26. The number of ether oxygens (including phenoxy) is 1. The number of benzene rings is 1. The first-order valence-corrected chi connectivity index (χ1v) is 10.3. The summed E-state index contributed by atoms with van der Waals surface area (Å²) in [7, 11) is 0. The Morgan fingerprint density at radius 2 is 2.04 bits per heavy atom. The molecule has 1 aromatic rings. The van der Waals surface area contributed by atoms with Crippen LogP contribution in [0.2, 0.25) is 0 Å². The van der Waals surface area contributed by atoms with Crippen LogP contribution in [0.1, 0.15) is 38.5 Å². The minimum absolute atomic E-state index is 0.0533. The van der Waals surface area contributed by atoms with E-state index in [1.165, 1.54) is 12.1 Å². The smallest absolute Gasteiger partial charge is 0.237 e. The van der Waals surface area contributed by atoms with Gasteiger partial charge < -0.3 is 20.3 Å². The van der Waals surface area contributed by atoms with Crippen LogP contribution in [-0.4, -0.2) is 55.5 Å². The number of rotatable bonds is 8. The van der Waals surface area contributed by atoms with Gasteiger partial charge >= 0.3 is 0 Å². The maximum absolute atomic E-state index is 12.9. The average molecular weight is 391 g/mol.